The summed E-state index contributed by atoms with van der Waals surface area (Å²) in [5.74, 6) is 0. The summed E-state index contributed by atoms with van der Waals surface area (Å²) in [7, 11) is 0. The van der Waals surface area contributed by atoms with Crippen molar-refractivity contribution < 1.29 is 4.42 Å². The van der Waals surface area contributed by atoms with Gasteiger partial charge >= 0.3 is 0 Å². The van der Waals surface area contributed by atoms with Crippen LogP contribution in [-0.2, 0) is 0 Å². The van der Waals surface area contributed by atoms with Crippen LogP contribution in [0.1, 0.15) is 0 Å². The lowest BCUT2D eigenvalue weighted by atomic mass is 10.2. The molecule has 0 bridgehead atoms. The smallest absolute Gasteiger partial charge is 0.136 e. The molecular weight excluding hydrogens is 367 g/mol. The number of hydrogen-bond acceptors (Lipinski definition) is 1. The summed E-state index contributed by atoms with van der Waals surface area (Å²) in [5.41, 5.74) is 1.88. The third-order valence-electron chi connectivity index (χ3n) is 2.42. The monoisotopic (exact) mass is 372 g/mol. The van der Waals surface area contributed by atoms with E-state index in [1.165, 1.54) is 14.3 Å². The molecule has 0 amide bonds. The molecule has 74 valence electrons. The topological polar surface area (TPSA) is 13.1 Å². The van der Waals surface area contributed by atoms with Gasteiger partial charge < -0.3 is 4.42 Å². The first-order valence-corrected chi connectivity index (χ1v) is 6.39. The van der Waals surface area contributed by atoms with Gasteiger partial charge in [-0.2, -0.15) is 0 Å². The number of hydrogen-bond donors (Lipinski definition) is 0. The minimum atomic E-state index is 0.934. The fourth-order valence-electron chi connectivity index (χ4n) is 1.72. The normalized spacial score (nSPS) is 11.3. The van der Waals surface area contributed by atoms with Crippen LogP contribution in [0, 0.1) is 3.57 Å². The van der Waals surface area contributed by atoms with E-state index in [1.807, 2.05) is 24.3 Å². The van der Waals surface area contributed by atoms with Gasteiger partial charge in [0, 0.05) is 18.8 Å². The largest absolute Gasteiger partial charge is 0.456 e. The number of para-hydroxylation sites is 1. The number of rotatable bonds is 0. The van der Waals surface area contributed by atoms with Crippen molar-refractivity contribution in [1.82, 2.24) is 0 Å². The molecule has 3 heteroatoms. The Labute approximate surface area is 109 Å². The summed E-state index contributed by atoms with van der Waals surface area (Å²) in [4.78, 5) is 0. The quantitative estimate of drug-likeness (QED) is 0.509. The number of benzene rings is 2. The molecule has 1 heterocycles. The van der Waals surface area contributed by atoms with E-state index in [2.05, 4.69) is 50.7 Å². The Morgan fingerprint density at radius 3 is 2.67 bits per heavy atom. The summed E-state index contributed by atoms with van der Waals surface area (Å²) < 4.78 is 8.03. The van der Waals surface area contributed by atoms with Gasteiger partial charge in [-0.25, -0.2) is 0 Å². The average Bonchev–Trinajstić information content (AvgIpc) is 2.57. The standard InChI is InChI=1S/C12H6BrIO/c13-9-6-12-8(5-10(9)14)7-3-1-2-4-11(7)15-12/h1-6H. The molecule has 0 radical (unpaired) electrons. The highest BCUT2D eigenvalue weighted by molar-refractivity contribution is 14.1. The lowest BCUT2D eigenvalue weighted by Crippen LogP contribution is -1.73. The highest BCUT2D eigenvalue weighted by Gasteiger charge is 2.08. The Hall–Kier alpha value is -0.550. The molecule has 0 spiro atoms. The zero-order valence-corrected chi connectivity index (χ0v) is 11.4. The van der Waals surface area contributed by atoms with Crippen molar-refractivity contribution in [3.63, 3.8) is 0 Å². The number of halogens is 2. The van der Waals surface area contributed by atoms with Crippen LogP contribution in [0.2, 0.25) is 0 Å². The first-order chi connectivity index (χ1) is 7.25. The van der Waals surface area contributed by atoms with E-state index in [0.29, 0.717) is 0 Å². The van der Waals surface area contributed by atoms with E-state index in [0.717, 1.165) is 15.6 Å². The van der Waals surface area contributed by atoms with Crippen LogP contribution in [0.5, 0.6) is 0 Å². The molecule has 0 saturated heterocycles. The molecular formula is C12H6BrIO. The van der Waals surface area contributed by atoms with Crippen LogP contribution in [0.3, 0.4) is 0 Å². The van der Waals surface area contributed by atoms with Gasteiger partial charge in [0.15, 0.2) is 0 Å². The second-order valence-corrected chi connectivity index (χ2v) is 5.38. The molecule has 0 fully saturated rings. The Morgan fingerprint density at radius 1 is 1.00 bits per heavy atom. The van der Waals surface area contributed by atoms with Crippen molar-refractivity contribution in [3.8, 4) is 0 Å². The molecule has 3 rings (SSSR count). The van der Waals surface area contributed by atoms with Crippen molar-refractivity contribution in [2.45, 2.75) is 0 Å². The van der Waals surface area contributed by atoms with Gasteiger partial charge in [0.2, 0.25) is 0 Å². The second-order valence-electron chi connectivity index (χ2n) is 3.36. The minimum absolute atomic E-state index is 0.934. The molecule has 3 aromatic rings. The fraction of sp³-hybridized carbons (Fsp3) is 0. The van der Waals surface area contributed by atoms with Crippen LogP contribution in [0.15, 0.2) is 45.3 Å². The lowest BCUT2D eigenvalue weighted by molar-refractivity contribution is 0.668. The summed E-state index contributed by atoms with van der Waals surface area (Å²) in [6.07, 6.45) is 0. The van der Waals surface area contributed by atoms with Crippen molar-refractivity contribution in [1.29, 1.82) is 0 Å². The third-order valence-corrected chi connectivity index (χ3v) is 4.71. The molecule has 0 atom stereocenters. The van der Waals surface area contributed by atoms with Gasteiger partial charge in [-0.3, -0.25) is 0 Å². The molecule has 1 aromatic heterocycles. The van der Waals surface area contributed by atoms with Crippen LogP contribution < -0.4 is 0 Å². The third kappa shape index (κ3) is 1.49. The van der Waals surface area contributed by atoms with Gasteiger partial charge in [0.05, 0.1) is 0 Å². The van der Waals surface area contributed by atoms with Gasteiger partial charge in [-0.15, -0.1) is 0 Å². The van der Waals surface area contributed by atoms with E-state index >= 15 is 0 Å². The first kappa shape index (κ1) is 9.66. The zero-order valence-electron chi connectivity index (χ0n) is 7.63. The summed E-state index contributed by atoms with van der Waals surface area (Å²) in [6.45, 7) is 0. The Balaban J connectivity index is 2.56. The fourth-order valence-corrected chi connectivity index (χ4v) is 2.51. The van der Waals surface area contributed by atoms with E-state index in [9.17, 15) is 0 Å². The summed E-state index contributed by atoms with van der Waals surface area (Å²) >= 11 is 5.82. The maximum Gasteiger partial charge on any atom is 0.136 e. The highest BCUT2D eigenvalue weighted by Crippen LogP contribution is 2.32. The molecule has 0 unspecified atom stereocenters. The van der Waals surface area contributed by atoms with Crippen molar-refractivity contribution in [3.05, 3.63) is 44.4 Å². The Bertz CT molecular complexity index is 657. The van der Waals surface area contributed by atoms with E-state index < -0.39 is 0 Å². The second kappa shape index (κ2) is 3.49. The maximum absolute atomic E-state index is 5.75. The van der Waals surface area contributed by atoms with Gasteiger partial charge in [-0.05, 0) is 56.7 Å². The predicted molar refractivity (Wildman–Crippen MR) is 74.1 cm³/mol. The van der Waals surface area contributed by atoms with E-state index in [1.54, 1.807) is 0 Å². The van der Waals surface area contributed by atoms with Crippen LogP contribution in [0.4, 0.5) is 0 Å². The Kier molecular flexibility index (Phi) is 2.25. The summed E-state index contributed by atoms with van der Waals surface area (Å²) in [6, 6.07) is 12.3. The van der Waals surface area contributed by atoms with Gasteiger partial charge in [-0.1, -0.05) is 18.2 Å². The molecule has 0 N–H and O–H groups in total. The van der Waals surface area contributed by atoms with Crippen LogP contribution >= 0.6 is 38.5 Å². The number of furan rings is 1. The zero-order chi connectivity index (χ0) is 10.4. The molecule has 0 aliphatic heterocycles. The van der Waals surface area contributed by atoms with Crippen molar-refractivity contribution in [2.24, 2.45) is 0 Å². The van der Waals surface area contributed by atoms with Crippen LogP contribution in [0.25, 0.3) is 21.9 Å². The van der Waals surface area contributed by atoms with Gasteiger partial charge in [0.25, 0.3) is 0 Å². The molecule has 15 heavy (non-hydrogen) atoms. The first-order valence-electron chi connectivity index (χ1n) is 4.52. The molecule has 2 aromatic carbocycles. The minimum Gasteiger partial charge on any atom is -0.456 e. The maximum atomic E-state index is 5.75. The molecule has 0 aliphatic carbocycles. The van der Waals surface area contributed by atoms with E-state index in [4.69, 9.17) is 4.42 Å². The average molecular weight is 373 g/mol. The van der Waals surface area contributed by atoms with Gasteiger partial charge in [0.1, 0.15) is 11.2 Å². The highest BCUT2D eigenvalue weighted by atomic mass is 127. The summed E-state index contributed by atoms with van der Waals surface area (Å²) in [5, 5.41) is 2.36. The molecule has 0 saturated carbocycles. The van der Waals surface area contributed by atoms with Crippen LogP contribution in [-0.4, -0.2) is 0 Å². The van der Waals surface area contributed by atoms with E-state index in [-0.39, 0.29) is 0 Å². The number of fused-ring (bicyclic) bond motifs is 3. The predicted octanol–water partition coefficient (Wildman–Crippen LogP) is 4.95. The Morgan fingerprint density at radius 2 is 1.80 bits per heavy atom. The molecule has 0 aliphatic rings. The molecule has 1 nitrogen and oxygen atoms in total. The lowest BCUT2D eigenvalue weighted by Gasteiger charge is -1.94. The van der Waals surface area contributed by atoms with Crippen molar-refractivity contribution in [2.75, 3.05) is 0 Å². The van der Waals surface area contributed by atoms with Crippen molar-refractivity contribution >= 4 is 60.5 Å². The SMILES string of the molecule is Brc1cc2oc3ccccc3c2cc1I.